The van der Waals surface area contributed by atoms with Crippen molar-refractivity contribution in [3.8, 4) is 6.07 Å². The molecule has 1 saturated heterocycles. The Kier molecular flexibility index (Phi) is 5.27. The van der Waals surface area contributed by atoms with Crippen LogP contribution >= 0.6 is 6.83 Å². The van der Waals surface area contributed by atoms with E-state index in [4.69, 9.17) is 4.52 Å². The Morgan fingerprint density at radius 3 is 1.57 bits per heavy atom. The topological polar surface area (TPSA) is 33.0 Å². The third-order valence-corrected chi connectivity index (χ3v) is 13.9. The number of nitriles is 1. The molecule has 0 N–H and O–H groups in total. The van der Waals surface area contributed by atoms with Crippen molar-refractivity contribution >= 4 is 22.7 Å². The predicted molar refractivity (Wildman–Crippen MR) is 146 cm³/mol. The zero-order valence-corrected chi connectivity index (χ0v) is 20.2. The van der Waals surface area contributed by atoms with Gasteiger partial charge in [0.2, 0.25) is 0 Å². The summed E-state index contributed by atoms with van der Waals surface area (Å²) in [7, 11) is 0. The van der Waals surface area contributed by atoms with Crippen molar-refractivity contribution < 1.29 is 4.52 Å². The van der Waals surface area contributed by atoms with Crippen molar-refractivity contribution in [2.45, 2.75) is 11.8 Å². The maximum atomic E-state index is 9.36. The summed E-state index contributed by atoms with van der Waals surface area (Å²) in [6.07, 6.45) is 8.88. The van der Waals surface area contributed by atoms with Crippen LogP contribution in [0.1, 0.15) is 17.2 Å². The number of rotatable bonds is 4. The van der Waals surface area contributed by atoms with Gasteiger partial charge in [-0.3, -0.25) is 0 Å². The van der Waals surface area contributed by atoms with Crippen LogP contribution in [0.3, 0.4) is 0 Å². The number of hydrogen-bond acceptors (Lipinski definition) is 2. The Hall–Kier alpha value is -3.76. The van der Waals surface area contributed by atoms with E-state index in [1.807, 2.05) is 12.1 Å². The third kappa shape index (κ3) is 3.03. The van der Waals surface area contributed by atoms with Gasteiger partial charge in [-0.05, 0) is 0 Å². The molecule has 170 valence electrons. The fourth-order valence-corrected chi connectivity index (χ4v) is 12.9. The minimum atomic E-state index is -3.47. The van der Waals surface area contributed by atoms with Crippen LogP contribution in [0, 0.1) is 17.2 Å². The third-order valence-electron chi connectivity index (χ3n) is 7.57. The van der Waals surface area contributed by atoms with Gasteiger partial charge in [0, 0.05) is 0 Å². The molecular weight excluding hydrogens is 445 g/mol. The molecule has 1 aliphatic heterocycles. The summed E-state index contributed by atoms with van der Waals surface area (Å²) in [5.41, 5.74) is 1.90. The van der Waals surface area contributed by atoms with E-state index in [0.29, 0.717) is 5.56 Å². The van der Waals surface area contributed by atoms with Gasteiger partial charge in [0.1, 0.15) is 0 Å². The van der Waals surface area contributed by atoms with E-state index in [0.717, 1.165) is 5.56 Å². The Balaban J connectivity index is 1.73. The molecule has 6 rings (SSSR count). The van der Waals surface area contributed by atoms with Crippen LogP contribution in [0.15, 0.2) is 140 Å². The standard InChI is InChI=1S/C32H26NOP/c33-24-25-20-22-26(23-21-25)32-30-18-10-11-19-31(30)35(34-32,27-12-4-1-5-13-27,28-14-6-2-7-15-28)29-16-8-3-9-17-29/h1-23,30-32H/t30-,31?,32?/m0/s1. The zero-order valence-electron chi connectivity index (χ0n) is 19.3. The molecule has 4 aromatic carbocycles. The number of hydrogen-bond donors (Lipinski definition) is 0. The fourth-order valence-electron chi connectivity index (χ4n) is 6.11. The van der Waals surface area contributed by atoms with E-state index in [2.05, 4.69) is 134 Å². The van der Waals surface area contributed by atoms with Crippen molar-refractivity contribution in [3.05, 3.63) is 151 Å². The normalized spacial score (nSPS) is 24.5. The first kappa shape index (κ1) is 21.8. The van der Waals surface area contributed by atoms with Crippen LogP contribution in [0.5, 0.6) is 0 Å². The Morgan fingerprint density at radius 1 is 0.600 bits per heavy atom. The number of fused-ring (bicyclic) bond motifs is 1. The number of allylic oxidation sites excluding steroid dienone is 3. The van der Waals surface area contributed by atoms with E-state index >= 15 is 0 Å². The van der Waals surface area contributed by atoms with Gasteiger partial charge in [-0.15, -0.1) is 0 Å². The Bertz CT molecular complexity index is 1340. The summed E-state index contributed by atoms with van der Waals surface area (Å²) in [5, 5.41) is 13.1. The van der Waals surface area contributed by atoms with Crippen molar-refractivity contribution in [1.82, 2.24) is 0 Å². The van der Waals surface area contributed by atoms with Crippen molar-refractivity contribution in [2.24, 2.45) is 5.92 Å². The molecule has 2 aliphatic rings. The first-order valence-electron chi connectivity index (χ1n) is 12.0. The minimum absolute atomic E-state index is 0.138. The summed E-state index contributed by atoms with van der Waals surface area (Å²) in [6.45, 7) is -3.47. The molecule has 35 heavy (non-hydrogen) atoms. The van der Waals surface area contributed by atoms with Crippen LogP contribution in [0.2, 0.25) is 0 Å². The van der Waals surface area contributed by atoms with Gasteiger partial charge in [-0.1, -0.05) is 0 Å². The van der Waals surface area contributed by atoms with E-state index in [9.17, 15) is 5.26 Å². The molecule has 0 spiro atoms. The molecule has 4 aromatic rings. The molecule has 0 aromatic heterocycles. The summed E-state index contributed by atoms with van der Waals surface area (Å²) in [4.78, 5) is 0. The Labute approximate surface area is 206 Å². The quantitative estimate of drug-likeness (QED) is 0.333. The number of benzene rings is 4. The van der Waals surface area contributed by atoms with E-state index in [1.54, 1.807) is 0 Å². The van der Waals surface area contributed by atoms with E-state index < -0.39 is 6.83 Å². The second-order valence-electron chi connectivity index (χ2n) is 9.21. The fraction of sp³-hybridized carbons (Fsp3) is 0.0938. The molecule has 0 radical (unpaired) electrons. The van der Waals surface area contributed by atoms with Crippen LogP contribution in [-0.2, 0) is 4.52 Å². The van der Waals surface area contributed by atoms with Crippen molar-refractivity contribution in [1.29, 1.82) is 5.26 Å². The average molecular weight is 472 g/mol. The summed E-state index contributed by atoms with van der Waals surface area (Å²) >= 11 is 0. The summed E-state index contributed by atoms with van der Waals surface area (Å²) in [5.74, 6) is 0.159. The SMILES string of the molecule is N#Cc1ccc(C2OP(c3ccccc3)(c3ccccc3)(c3ccccc3)C3C=CC=C[C@H]23)cc1. The molecule has 1 heterocycles. The van der Waals surface area contributed by atoms with Crippen molar-refractivity contribution in [3.63, 3.8) is 0 Å². The van der Waals surface area contributed by atoms with Crippen LogP contribution in [-0.4, -0.2) is 5.66 Å². The zero-order chi connectivity index (χ0) is 23.7. The second-order valence-corrected chi connectivity index (χ2v) is 13.8. The Morgan fingerprint density at radius 2 is 1.09 bits per heavy atom. The molecule has 0 bridgehead atoms. The average Bonchev–Trinajstić information content (AvgIpc) is 3.28. The van der Waals surface area contributed by atoms with Crippen LogP contribution in [0.25, 0.3) is 0 Å². The van der Waals surface area contributed by atoms with Gasteiger partial charge in [0.15, 0.2) is 0 Å². The van der Waals surface area contributed by atoms with E-state index in [-0.39, 0.29) is 17.7 Å². The molecule has 0 saturated carbocycles. The maximum absolute atomic E-state index is 9.36. The second kappa shape index (κ2) is 8.47. The molecule has 1 fully saturated rings. The van der Waals surface area contributed by atoms with Crippen molar-refractivity contribution in [2.75, 3.05) is 0 Å². The van der Waals surface area contributed by atoms with Crippen LogP contribution < -0.4 is 15.9 Å². The molecule has 3 heteroatoms. The first-order chi connectivity index (χ1) is 17.3. The van der Waals surface area contributed by atoms with E-state index in [1.165, 1.54) is 15.9 Å². The monoisotopic (exact) mass is 471 g/mol. The van der Waals surface area contributed by atoms with Gasteiger partial charge in [0.25, 0.3) is 0 Å². The molecule has 0 amide bonds. The molecule has 2 nitrogen and oxygen atoms in total. The molecule has 1 aliphatic carbocycles. The summed E-state index contributed by atoms with van der Waals surface area (Å²) < 4.78 is 7.75. The molecule has 2 unspecified atom stereocenters. The molecule has 3 atom stereocenters. The predicted octanol–water partition coefficient (Wildman–Crippen LogP) is 6.19. The number of nitrogens with zero attached hydrogens (tertiary/aromatic N) is 1. The van der Waals surface area contributed by atoms with Gasteiger partial charge >= 0.3 is 207 Å². The van der Waals surface area contributed by atoms with Gasteiger partial charge in [-0.2, -0.15) is 0 Å². The summed E-state index contributed by atoms with van der Waals surface area (Å²) in [6, 6.07) is 42.7. The first-order valence-corrected chi connectivity index (χ1v) is 14.2. The molecular formula is C32H26NOP. The van der Waals surface area contributed by atoms with Gasteiger partial charge in [0.05, 0.1) is 0 Å². The van der Waals surface area contributed by atoms with Gasteiger partial charge < -0.3 is 0 Å². The van der Waals surface area contributed by atoms with Crippen LogP contribution in [0.4, 0.5) is 0 Å². The van der Waals surface area contributed by atoms with Gasteiger partial charge in [-0.25, -0.2) is 0 Å².